The fourth-order valence-corrected chi connectivity index (χ4v) is 7.13. The summed E-state index contributed by atoms with van der Waals surface area (Å²) in [6.07, 6.45) is 11.2. The Bertz CT molecular complexity index is 784. The van der Waals surface area contributed by atoms with Gasteiger partial charge < -0.3 is 10.6 Å². The van der Waals surface area contributed by atoms with E-state index in [4.69, 9.17) is 11.6 Å². The van der Waals surface area contributed by atoms with E-state index in [0.717, 1.165) is 43.0 Å². The summed E-state index contributed by atoms with van der Waals surface area (Å²) < 4.78 is 11.8. The number of rotatable bonds is 4. The summed E-state index contributed by atoms with van der Waals surface area (Å²) in [4.78, 5) is 28.7. The molecule has 6 atom stereocenters. The van der Waals surface area contributed by atoms with Crippen molar-refractivity contribution in [3.05, 3.63) is 22.8 Å². The summed E-state index contributed by atoms with van der Waals surface area (Å²) in [5.41, 5.74) is 0.798. The van der Waals surface area contributed by atoms with Gasteiger partial charge in [0.2, 0.25) is 5.91 Å². The second-order valence-corrected chi connectivity index (χ2v) is 11.7. The van der Waals surface area contributed by atoms with E-state index in [-0.39, 0.29) is 22.7 Å². The fourth-order valence-electron chi connectivity index (χ4n) is 4.62. The molecule has 6 unspecified atom stereocenters. The van der Waals surface area contributed by atoms with Crippen LogP contribution in [0.3, 0.4) is 0 Å². The lowest BCUT2D eigenvalue weighted by molar-refractivity contribution is -0.124. The quantitative estimate of drug-likeness (QED) is 0.429. The molecule has 0 spiro atoms. The molecular weight excluding hydrogens is 444 g/mol. The lowest BCUT2D eigenvalue weighted by Gasteiger charge is -2.33. The van der Waals surface area contributed by atoms with Gasteiger partial charge in [0.25, 0.3) is 0 Å². The molecule has 30 heavy (non-hydrogen) atoms. The van der Waals surface area contributed by atoms with E-state index >= 15 is 0 Å². The Morgan fingerprint density at radius 3 is 2.80 bits per heavy atom. The molecule has 4 rings (SSSR count). The van der Waals surface area contributed by atoms with Gasteiger partial charge in [-0.05, 0) is 51.6 Å². The molecule has 1 saturated heterocycles. The number of hydrogen-bond donors (Lipinski definition) is 3. The smallest absolute Gasteiger partial charge is 0.323 e. The number of carbonyl (C=O) groups is 2. The molecule has 1 fully saturated rings. The Balaban J connectivity index is 1.27. The summed E-state index contributed by atoms with van der Waals surface area (Å²) in [5, 5.41) is 8.38. The number of alkyl halides is 1. The average Bonchev–Trinajstić information content (AvgIpc) is 3.36. The highest BCUT2D eigenvalue weighted by Gasteiger charge is 2.36. The number of imide groups is 1. The van der Waals surface area contributed by atoms with Crippen LogP contribution in [0.5, 0.6) is 0 Å². The maximum absolute atomic E-state index is 12.7. The van der Waals surface area contributed by atoms with Gasteiger partial charge in [0.1, 0.15) is 0 Å². The molecule has 7 nitrogen and oxygen atoms in total. The van der Waals surface area contributed by atoms with Gasteiger partial charge in [-0.15, -0.1) is 11.6 Å². The molecule has 0 aromatic heterocycles. The Hall–Kier alpha value is -1.03. The highest BCUT2D eigenvalue weighted by molar-refractivity contribution is 8.03. The Morgan fingerprint density at radius 2 is 2.07 bits per heavy atom. The van der Waals surface area contributed by atoms with Gasteiger partial charge in [-0.3, -0.25) is 19.2 Å². The summed E-state index contributed by atoms with van der Waals surface area (Å²) in [6.45, 7) is 2.09. The van der Waals surface area contributed by atoms with E-state index in [0.29, 0.717) is 6.42 Å². The number of allylic oxidation sites excluding steroid dienone is 3. The first-order chi connectivity index (χ1) is 14.4. The maximum atomic E-state index is 12.7. The molecule has 3 amide bonds. The van der Waals surface area contributed by atoms with E-state index in [1.54, 1.807) is 6.26 Å². The largest absolute Gasteiger partial charge is 0.359 e. The second kappa shape index (κ2) is 9.63. The number of nitrogens with zero attached hydrogens (tertiary/aromatic N) is 1. The molecular formula is C20H29ClN4O3S2. The summed E-state index contributed by atoms with van der Waals surface area (Å²) >= 11 is 7.91. The van der Waals surface area contributed by atoms with Crippen molar-refractivity contribution in [3.8, 4) is 0 Å². The molecule has 0 aromatic rings. The standard InChI is InChI=1S/C20H29ClN4O3S2/c1-30(28)13-5-7-16-17(11-13)29-20(22-16)24-19(27)23-18(26)14-10-12(4-6-15(14)21)25-8-2-3-9-25/h4,6,12-15,20,22H,2-3,5,7-11H2,1H3,(H2,23,24,26,27). The first-order valence-corrected chi connectivity index (χ1v) is 13.5. The van der Waals surface area contributed by atoms with Crippen LogP contribution in [0.1, 0.15) is 38.5 Å². The monoisotopic (exact) mass is 472 g/mol. The van der Waals surface area contributed by atoms with Crippen LogP contribution in [-0.4, -0.2) is 62.6 Å². The highest BCUT2D eigenvalue weighted by Crippen LogP contribution is 2.39. The van der Waals surface area contributed by atoms with Crippen LogP contribution in [0, 0.1) is 5.92 Å². The lowest BCUT2D eigenvalue weighted by Crippen LogP contribution is -2.50. The molecule has 0 radical (unpaired) electrons. The zero-order valence-corrected chi connectivity index (χ0v) is 19.5. The van der Waals surface area contributed by atoms with Crippen molar-refractivity contribution in [2.45, 2.75) is 60.7 Å². The van der Waals surface area contributed by atoms with Crippen molar-refractivity contribution in [2.24, 2.45) is 5.92 Å². The first kappa shape index (κ1) is 22.2. The molecule has 2 aliphatic heterocycles. The molecule has 0 bridgehead atoms. The fraction of sp³-hybridized carbons (Fsp3) is 0.700. The first-order valence-electron chi connectivity index (χ1n) is 10.6. The van der Waals surface area contributed by atoms with Gasteiger partial charge >= 0.3 is 6.03 Å². The number of likely N-dealkylation sites (tertiary alicyclic amines) is 1. The zero-order chi connectivity index (χ0) is 21.3. The number of carbonyl (C=O) groups excluding carboxylic acids is 2. The topological polar surface area (TPSA) is 90.5 Å². The number of urea groups is 1. The van der Waals surface area contributed by atoms with Crippen LogP contribution in [0.25, 0.3) is 0 Å². The average molecular weight is 473 g/mol. The molecule has 3 N–H and O–H groups in total. The van der Waals surface area contributed by atoms with Crippen molar-refractivity contribution in [3.63, 3.8) is 0 Å². The SMILES string of the molecule is CS(=O)C1CCC2=C(C1)SC(NC(=O)NC(=O)C1CC(N3CCCC3)C=CC1Cl)N2. The summed E-state index contributed by atoms with van der Waals surface area (Å²) in [5.74, 6) is -0.757. The Labute approximate surface area is 189 Å². The van der Waals surface area contributed by atoms with E-state index in [9.17, 15) is 13.8 Å². The van der Waals surface area contributed by atoms with Gasteiger partial charge in [-0.2, -0.15) is 0 Å². The van der Waals surface area contributed by atoms with Crippen molar-refractivity contribution >= 4 is 46.1 Å². The van der Waals surface area contributed by atoms with Gasteiger partial charge in [-0.25, -0.2) is 4.79 Å². The van der Waals surface area contributed by atoms with Crippen LogP contribution in [-0.2, 0) is 15.6 Å². The van der Waals surface area contributed by atoms with Crippen molar-refractivity contribution in [2.75, 3.05) is 19.3 Å². The molecule has 0 aromatic carbocycles. The maximum Gasteiger partial charge on any atom is 0.323 e. The van der Waals surface area contributed by atoms with E-state index in [2.05, 4.69) is 26.9 Å². The van der Waals surface area contributed by atoms with Crippen molar-refractivity contribution < 1.29 is 13.8 Å². The lowest BCUT2D eigenvalue weighted by atomic mass is 9.89. The van der Waals surface area contributed by atoms with Crippen LogP contribution in [0.4, 0.5) is 4.79 Å². The van der Waals surface area contributed by atoms with E-state index in [1.165, 1.54) is 24.6 Å². The van der Waals surface area contributed by atoms with Gasteiger partial charge in [0, 0.05) is 38.9 Å². The van der Waals surface area contributed by atoms with Crippen LogP contribution in [0.15, 0.2) is 22.8 Å². The number of amides is 3. The number of halogens is 1. The third-order valence-corrected chi connectivity index (χ3v) is 9.30. The second-order valence-electron chi connectivity index (χ2n) is 8.35. The number of nitrogens with one attached hydrogen (secondary N) is 3. The van der Waals surface area contributed by atoms with Gasteiger partial charge in [0.05, 0.1) is 11.3 Å². The summed E-state index contributed by atoms with van der Waals surface area (Å²) in [6, 6.07) is -0.307. The third-order valence-electron chi connectivity index (χ3n) is 6.34. The predicted octanol–water partition coefficient (Wildman–Crippen LogP) is 2.22. The normalized spacial score (nSPS) is 34.9. The van der Waals surface area contributed by atoms with E-state index < -0.39 is 28.1 Å². The van der Waals surface area contributed by atoms with Crippen LogP contribution < -0.4 is 16.0 Å². The van der Waals surface area contributed by atoms with E-state index in [1.807, 2.05) is 6.08 Å². The minimum absolute atomic E-state index is 0.177. The van der Waals surface area contributed by atoms with Crippen LogP contribution in [0.2, 0.25) is 0 Å². The Kier molecular flexibility index (Phi) is 7.12. The molecule has 2 aliphatic carbocycles. The van der Waals surface area contributed by atoms with Crippen molar-refractivity contribution in [1.29, 1.82) is 0 Å². The van der Waals surface area contributed by atoms with Gasteiger partial charge in [-0.1, -0.05) is 23.9 Å². The molecule has 10 heteroatoms. The molecule has 166 valence electrons. The summed E-state index contributed by atoms with van der Waals surface area (Å²) in [7, 11) is -0.843. The molecule has 0 saturated carbocycles. The minimum Gasteiger partial charge on any atom is -0.359 e. The van der Waals surface area contributed by atoms with Crippen LogP contribution >= 0.6 is 23.4 Å². The molecule has 2 heterocycles. The number of thioether (sulfide) groups is 1. The highest BCUT2D eigenvalue weighted by atomic mass is 35.5. The Morgan fingerprint density at radius 1 is 1.30 bits per heavy atom. The third kappa shape index (κ3) is 5.06. The van der Waals surface area contributed by atoms with Crippen molar-refractivity contribution in [1.82, 2.24) is 20.9 Å². The zero-order valence-electron chi connectivity index (χ0n) is 17.1. The van der Waals surface area contributed by atoms with Gasteiger partial charge in [0.15, 0.2) is 5.50 Å². The minimum atomic E-state index is -0.843. The predicted molar refractivity (Wildman–Crippen MR) is 121 cm³/mol. The molecule has 4 aliphatic rings. The number of hydrogen-bond acceptors (Lipinski definition) is 6.